The van der Waals surface area contributed by atoms with Crippen molar-refractivity contribution in [2.75, 3.05) is 29.9 Å². The van der Waals surface area contributed by atoms with Gasteiger partial charge in [-0.2, -0.15) is 0 Å². The van der Waals surface area contributed by atoms with Crippen molar-refractivity contribution in [3.63, 3.8) is 0 Å². The lowest BCUT2D eigenvalue weighted by Crippen LogP contribution is -2.17. The zero-order valence-corrected chi connectivity index (χ0v) is 10.9. The largest absolute Gasteiger partial charge is 0.407 e. The summed E-state index contributed by atoms with van der Waals surface area (Å²) in [6.45, 7) is 5.21. The van der Waals surface area contributed by atoms with E-state index in [2.05, 4.69) is 20.8 Å². The molecule has 0 saturated carbocycles. The summed E-state index contributed by atoms with van der Waals surface area (Å²) in [6.07, 6.45) is 0. The highest BCUT2D eigenvalue weighted by atomic mass is 32.2. The zero-order chi connectivity index (χ0) is 12.7. The summed E-state index contributed by atoms with van der Waals surface area (Å²) in [6, 6.07) is 0.254. The molecule has 0 spiro atoms. The van der Waals surface area contributed by atoms with Gasteiger partial charge in [-0.05, 0) is 6.54 Å². The van der Waals surface area contributed by atoms with Gasteiger partial charge in [0, 0.05) is 12.3 Å². The van der Waals surface area contributed by atoms with Crippen LogP contribution < -0.4 is 10.6 Å². The second kappa shape index (κ2) is 6.55. The number of nitrogens with zero attached hydrogens (tertiary/aromatic N) is 2. The average molecular weight is 262 g/mol. The van der Waals surface area contributed by atoms with Crippen molar-refractivity contribution < 1.29 is 12.8 Å². The smallest absolute Gasteiger partial charge is 0.315 e. The van der Waals surface area contributed by atoms with E-state index in [0.29, 0.717) is 12.4 Å². The summed E-state index contributed by atoms with van der Waals surface area (Å²) in [5, 5.41) is 13.4. The molecule has 1 aromatic heterocycles. The third-order valence-corrected chi connectivity index (χ3v) is 3.83. The highest BCUT2D eigenvalue weighted by molar-refractivity contribution is 7.91. The van der Waals surface area contributed by atoms with Crippen LogP contribution in [0, 0.1) is 0 Å². The fourth-order valence-corrected chi connectivity index (χ4v) is 1.79. The number of sulfone groups is 1. The number of nitrogens with one attached hydrogen (secondary N) is 2. The Morgan fingerprint density at radius 3 is 2.71 bits per heavy atom. The van der Waals surface area contributed by atoms with E-state index in [-0.39, 0.29) is 24.1 Å². The summed E-state index contributed by atoms with van der Waals surface area (Å²) in [5.41, 5.74) is 0. The molecule has 1 rings (SSSR count). The molecule has 0 aliphatic carbocycles. The van der Waals surface area contributed by atoms with Gasteiger partial charge in [0.1, 0.15) is 0 Å². The van der Waals surface area contributed by atoms with E-state index >= 15 is 0 Å². The van der Waals surface area contributed by atoms with E-state index in [1.165, 1.54) is 0 Å². The molecule has 0 aliphatic heterocycles. The van der Waals surface area contributed by atoms with Gasteiger partial charge in [0.15, 0.2) is 9.84 Å². The second-order valence-corrected chi connectivity index (χ2v) is 5.92. The Hall–Kier alpha value is -1.15. The first kappa shape index (κ1) is 13.9. The van der Waals surface area contributed by atoms with E-state index in [4.69, 9.17) is 4.42 Å². The SMILES string of the molecule is CCNCc1nnc(NCCS(=O)(=O)CC)o1. The van der Waals surface area contributed by atoms with Crippen molar-refractivity contribution in [1.82, 2.24) is 15.5 Å². The molecule has 0 unspecified atom stereocenters. The van der Waals surface area contributed by atoms with Crippen LogP contribution in [-0.2, 0) is 16.4 Å². The number of anilines is 1. The monoisotopic (exact) mass is 262 g/mol. The summed E-state index contributed by atoms with van der Waals surface area (Å²) in [4.78, 5) is 0. The second-order valence-electron chi connectivity index (χ2n) is 3.44. The van der Waals surface area contributed by atoms with Crippen molar-refractivity contribution in [1.29, 1.82) is 0 Å². The van der Waals surface area contributed by atoms with Gasteiger partial charge in [-0.3, -0.25) is 0 Å². The van der Waals surface area contributed by atoms with Crippen molar-refractivity contribution in [3.05, 3.63) is 5.89 Å². The van der Waals surface area contributed by atoms with Gasteiger partial charge < -0.3 is 15.1 Å². The molecule has 0 aromatic carbocycles. The van der Waals surface area contributed by atoms with Crippen molar-refractivity contribution >= 4 is 15.9 Å². The van der Waals surface area contributed by atoms with Crippen LogP contribution >= 0.6 is 0 Å². The van der Waals surface area contributed by atoms with Crippen molar-refractivity contribution in [2.45, 2.75) is 20.4 Å². The van der Waals surface area contributed by atoms with Gasteiger partial charge in [-0.15, -0.1) is 5.10 Å². The molecule has 98 valence electrons. The Morgan fingerprint density at radius 2 is 2.06 bits per heavy atom. The minimum absolute atomic E-state index is 0.0639. The van der Waals surface area contributed by atoms with E-state index in [1.807, 2.05) is 6.92 Å². The van der Waals surface area contributed by atoms with Gasteiger partial charge in [0.2, 0.25) is 5.89 Å². The Kier molecular flexibility index (Phi) is 5.36. The molecule has 0 atom stereocenters. The molecule has 0 bridgehead atoms. The summed E-state index contributed by atoms with van der Waals surface area (Å²) >= 11 is 0. The van der Waals surface area contributed by atoms with Crippen molar-refractivity contribution in [2.24, 2.45) is 0 Å². The molecule has 0 saturated heterocycles. The van der Waals surface area contributed by atoms with Crippen LogP contribution in [0.5, 0.6) is 0 Å². The first-order chi connectivity index (χ1) is 8.07. The van der Waals surface area contributed by atoms with Crippen LogP contribution in [0.2, 0.25) is 0 Å². The highest BCUT2D eigenvalue weighted by Gasteiger charge is 2.09. The summed E-state index contributed by atoms with van der Waals surface area (Å²) in [5.74, 6) is 0.686. The van der Waals surface area contributed by atoms with Gasteiger partial charge in [0.25, 0.3) is 0 Å². The number of aromatic nitrogens is 2. The van der Waals surface area contributed by atoms with Crippen LogP contribution in [0.15, 0.2) is 4.42 Å². The maximum atomic E-state index is 11.2. The predicted octanol–water partition coefficient (Wildman–Crippen LogP) is 0.0257. The van der Waals surface area contributed by atoms with E-state index < -0.39 is 9.84 Å². The molecular weight excluding hydrogens is 244 g/mol. The normalized spacial score (nSPS) is 11.6. The average Bonchev–Trinajstić information content (AvgIpc) is 2.74. The van der Waals surface area contributed by atoms with Gasteiger partial charge in [-0.1, -0.05) is 18.9 Å². The first-order valence-electron chi connectivity index (χ1n) is 5.54. The van der Waals surface area contributed by atoms with Gasteiger partial charge >= 0.3 is 6.01 Å². The van der Waals surface area contributed by atoms with Crippen LogP contribution in [0.1, 0.15) is 19.7 Å². The minimum Gasteiger partial charge on any atom is -0.407 e. The number of hydrogen-bond donors (Lipinski definition) is 2. The van der Waals surface area contributed by atoms with Crippen LogP contribution in [0.4, 0.5) is 6.01 Å². The Labute approximate surface area is 101 Å². The Morgan fingerprint density at radius 1 is 1.29 bits per heavy atom. The predicted molar refractivity (Wildman–Crippen MR) is 64.5 cm³/mol. The molecule has 17 heavy (non-hydrogen) atoms. The molecule has 7 nitrogen and oxygen atoms in total. The molecule has 2 N–H and O–H groups in total. The van der Waals surface area contributed by atoms with E-state index in [1.54, 1.807) is 6.92 Å². The third-order valence-electron chi connectivity index (χ3n) is 2.12. The van der Waals surface area contributed by atoms with Crippen LogP contribution in [-0.4, -0.2) is 43.2 Å². The Bertz CT molecular complexity index is 429. The molecule has 0 fully saturated rings. The number of rotatable bonds is 8. The van der Waals surface area contributed by atoms with E-state index in [0.717, 1.165) is 6.54 Å². The number of hydrogen-bond acceptors (Lipinski definition) is 7. The summed E-state index contributed by atoms with van der Waals surface area (Å²) < 4.78 is 27.7. The molecule has 1 aromatic rings. The molecule has 0 aliphatic rings. The maximum Gasteiger partial charge on any atom is 0.315 e. The molecule has 8 heteroatoms. The van der Waals surface area contributed by atoms with Gasteiger partial charge in [-0.25, -0.2) is 8.42 Å². The fraction of sp³-hybridized carbons (Fsp3) is 0.778. The third kappa shape index (κ3) is 5.14. The molecule has 0 radical (unpaired) electrons. The topological polar surface area (TPSA) is 97.1 Å². The first-order valence-corrected chi connectivity index (χ1v) is 7.37. The van der Waals surface area contributed by atoms with Gasteiger partial charge in [0.05, 0.1) is 12.3 Å². The highest BCUT2D eigenvalue weighted by Crippen LogP contribution is 2.04. The lowest BCUT2D eigenvalue weighted by Gasteiger charge is -2.01. The zero-order valence-electron chi connectivity index (χ0n) is 10.1. The standard InChI is InChI=1S/C9H18N4O3S/c1-3-10-7-8-12-13-9(16-8)11-5-6-17(14,15)4-2/h10H,3-7H2,1-2H3,(H,11,13). The van der Waals surface area contributed by atoms with Crippen LogP contribution in [0.25, 0.3) is 0 Å². The maximum absolute atomic E-state index is 11.2. The fourth-order valence-electron chi connectivity index (χ4n) is 1.09. The summed E-state index contributed by atoms with van der Waals surface area (Å²) in [7, 11) is -2.96. The minimum atomic E-state index is -2.96. The quantitative estimate of drug-likeness (QED) is 0.682. The van der Waals surface area contributed by atoms with Crippen LogP contribution in [0.3, 0.4) is 0 Å². The lowest BCUT2D eigenvalue weighted by molar-refractivity contribution is 0.482. The van der Waals surface area contributed by atoms with E-state index in [9.17, 15) is 8.42 Å². The molecule has 1 heterocycles. The Balaban J connectivity index is 2.35. The molecular formula is C9H18N4O3S. The lowest BCUT2D eigenvalue weighted by atomic mass is 10.6. The molecule has 0 amide bonds. The van der Waals surface area contributed by atoms with Crippen molar-refractivity contribution in [3.8, 4) is 0 Å².